The van der Waals surface area contributed by atoms with E-state index >= 15 is 0 Å². The molecule has 0 saturated heterocycles. The summed E-state index contributed by atoms with van der Waals surface area (Å²) < 4.78 is 39.3. The molecule has 5 heteroatoms. The molecule has 4 aliphatic rings. The van der Waals surface area contributed by atoms with Crippen LogP contribution in [0, 0.1) is 46.3 Å². The molecule has 4 aliphatic carbocycles. The minimum Gasteiger partial charge on any atom is -0.374 e. The van der Waals surface area contributed by atoms with Crippen LogP contribution in [0.15, 0.2) is 11.6 Å². The van der Waals surface area contributed by atoms with Crippen molar-refractivity contribution >= 4 is 10.1 Å². The fourth-order valence-electron chi connectivity index (χ4n) is 10.1. The van der Waals surface area contributed by atoms with Crippen LogP contribution in [0.5, 0.6) is 0 Å². The summed E-state index contributed by atoms with van der Waals surface area (Å²) in [5.74, 6) is 4.76. The molecule has 0 radical (unpaired) electrons. The van der Waals surface area contributed by atoms with E-state index in [0.717, 1.165) is 74.0 Å². The quantitative estimate of drug-likeness (QED) is 0.138. The fourth-order valence-corrected chi connectivity index (χ4v) is 10.8. The van der Waals surface area contributed by atoms with Gasteiger partial charge in [-0.15, -0.1) is 0 Å². The van der Waals surface area contributed by atoms with Crippen molar-refractivity contribution in [3.8, 4) is 0 Å². The van der Waals surface area contributed by atoms with E-state index in [1.165, 1.54) is 51.4 Å². The summed E-state index contributed by atoms with van der Waals surface area (Å²) in [6.45, 7) is 14.6. The first-order chi connectivity index (χ1) is 18.4. The van der Waals surface area contributed by atoms with Crippen molar-refractivity contribution in [2.75, 3.05) is 5.75 Å². The van der Waals surface area contributed by atoms with E-state index in [9.17, 15) is 13.0 Å². The van der Waals surface area contributed by atoms with Gasteiger partial charge in [0, 0.05) is 0 Å². The predicted octanol–water partition coefficient (Wildman–Crippen LogP) is 9.25. The zero-order valence-corrected chi connectivity index (χ0v) is 26.9. The van der Waals surface area contributed by atoms with Gasteiger partial charge in [0.05, 0.1) is 12.2 Å². The molecular weight excluding hydrogens is 504 g/mol. The molecule has 0 aromatic carbocycles. The summed E-state index contributed by atoms with van der Waals surface area (Å²) in [4.78, 5) is 0. The topological polar surface area (TPSA) is 63.6 Å². The van der Waals surface area contributed by atoms with E-state index in [4.69, 9.17) is 4.74 Å². The lowest BCUT2D eigenvalue weighted by atomic mass is 9.47. The molecule has 9 atom stereocenters. The highest BCUT2D eigenvalue weighted by Crippen LogP contribution is 2.67. The minimum absolute atomic E-state index is 0.0747. The summed E-state index contributed by atoms with van der Waals surface area (Å²) >= 11 is 0. The van der Waals surface area contributed by atoms with Gasteiger partial charge in [-0.25, -0.2) is 0 Å². The van der Waals surface area contributed by atoms with Crippen LogP contribution in [0.2, 0.25) is 0 Å². The van der Waals surface area contributed by atoms with Crippen molar-refractivity contribution in [2.24, 2.45) is 46.3 Å². The van der Waals surface area contributed by atoms with Crippen molar-refractivity contribution in [2.45, 2.75) is 150 Å². The van der Waals surface area contributed by atoms with E-state index in [1.54, 1.807) is 5.57 Å². The molecule has 39 heavy (non-hydrogen) atoms. The van der Waals surface area contributed by atoms with Crippen LogP contribution >= 0.6 is 0 Å². The Balaban J connectivity index is 1.41. The molecule has 4 nitrogen and oxygen atoms in total. The lowest BCUT2D eigenvalue weighted by Crippen LogP contribution is -2.51. The highest BCUT2D eigenvalue weighted by Gasteiger charge is 2.59. The van der Waals surface area contributed by atoms with Gasteiger partial charge >= 0.3 is 0 Å². The zero-order chi connectivity index (χ0) is 28.4. The van der Waals surface area contributed by atoms with Gasteiger partial charge in [-0.1, -0.05) is 91.7 Å². The summed E-state index contributed by atoms with van der Waals surface area (Å²) in [5, 5.41) is 0. The van der Waals surface area contributed by atoms with Gasteiger partial charge in [-0.2, -0.15) is 8.42 Å². The molecule has 3 fully saturated rings. The molecule has 0 aromatic heterocycles. The number of unbranched alkanes of at least 4 members (excludes halogenated alkanes) is 2. The maximum absolute atomic E-state index is 11.7. The Morgan fingerprint density at radius 1 is 0.974 bits per heavy atom. The lowest BCUT2D eigenvalue weighted by Gasteiger charge is -2.58. The van der Waals surface area contributed by atoms with Gasteiger partial charge in [-0.3, -0.25) is 4.55 Å². The first-order valence-electron chi connectivity index (χ1n) is 16.7. The fraction of sp³-hybridized carbons (Fsp3) is 0.941. The first-order valence-corrected chi connectivity index (χ1v) is 18.3. The monoisotopic (exact) mass is 564 g/mol. The Morgan fingerprint density at radius 3 is 2.44 bits per heavy atom. The summed E-state index contributed by atoms with van der Waals surface area (Å²) in [6.07, 6.45) is 20.2. The van der Waals surface area contributed by atoms with E-state index in [1.807, 2.05) is 0 Å². The maximum Gasteiger partial charge on any atom is 0.267 e. The van der Waals surface area contributed by atoms with Gasteiger partial charge in [0.25, 0.3) is 10.1 Å². The summed E-state index contributed by atoms with van der Waals surface area (Å²) in [5.41, 5.74) is 2.37. The molecule has 1 N–H and O–H groups in total. The highest BCUT2D eigenvalue weighted by molar-refractivity contribution is 7.85. The lowest BCUT2D eigenvalue weighted by molar-refractivity contribution is -0.0736. The molecule has 4 rings (SSSR count). The van der Waals surface area contributed by atoms with Crippen molar-refractivity contribution in [1.29, 1.82) is 0 Å². The Labute approximate surface area is 241 Å². The maximum atomic E-state index is 11.7. The average molecular weight is 565 g/mol. The molecule has 0 heterocycles. The predicted molar refractivity (Wildman–Crippen MR) is 162 cm³/mol. The molecule has 226 valence electrons. The van der Waals surface area contributed by atoms with Crippen molar-refractivity contribution in [3.63, 3.8) is 0 Å². The van der Waals surface area contributed by atoms with Crippen molar-refractivity contribution in [1.82, 2.24) is 0 Å². The zero-order valence-electron chi connectivity index (χ0n) is 26.1. The van der Waals surface area contributed by atoms with Crippen LogP contribution in [0.3, 0.4) is 0 Å². The summed E-state index contributed by atoms with van der Waals surface area (Å²) in [7, 11) is -4.04. The van der Waals surface area contributed by atoms with E-state index in [2.05, 4.69) is 47.6 Å². The Bertz CT molecular complexity index is 941. The standard InChI is InChI=1S/C34H60O4S/c1-7-8-9-13-28(23-39(35,36)37)38-27-18-20-33(5)26(22-27)14-15-29-31-17-16-30(25(4)12-10-11-24(2)3)34(31,6)21-19-32(29)33/h14,24-25,27-32H,7-13,15-23H2,1-6H3,(H,35,36,37)/t25-,27?,28?,29?,30-,31?,32?,33+,34-/m1/s1. The van der Waals surface area contributed by atoms with Crippen LogP contribution in [0.4, 0.5) is 0 Å². The van der Waals surface area contributed by atoms with Crippen LogP contribution in [0.25, 0.3) is 0 Å². The third-order valence-electron chi connectivity index (χ3n) is 12.2. The Morgan fingerprint density at radius 2 is 1.74 bits per heavy atom. The van der Waals surface area contributed by atoms with Crippen LogP contribution < -0.4 is 0 Å². The van der Waals surface area contributed by atoms with Gasteiger partial charge in [0.2, 0.25) is 0 Å². The van der Waals surface area contributed by atoms with Crippen molar-refractivity contribution in [3.05, 3.63) is 11.6 Å². The molecule has 0 aliphatic heterocycles. The molecule has 0 aromatic rings. The largest absolute Gasteiger partial charge is 0.374 e. The number of fused-ring (bicyclic) bond motifs is 5. The van der Waals surface area contributed by atoms with Gasteiger partial charge < -0.3 is 4.74 Å². The number of rotatable bonds is 13. The Kier molecular flexibility index (Phi) is 10.4. The van der Waals surface area contributed by atoms with E-state index in [0.29, 0.717) is 11.8 Å². The van der Waals surface area contributed by atoms with Crippen LogP contribution in [0.1, 0.15) is 138 Å². The highest BCUT2D eigenvalue weighted by atomic mass is 32.2. The smallest absolute Gasteiger partial charge is 0.267 e. The summed E-state index contributed by atoms with van der Waals surface area (Å²) in [6, 6.07) is 0. The molecule has 3 saturated carbocycles. The molecule has 5 unspecified atom stereocenters. The second-order valence-corrected chi connectivity index (χ2v) is 16.7. The van der Waals surface area contributed by atoms with Gasteiger partial charge in [0.15, 0.2) is 0 Å². The molecular formula is C34H60O4S. The van der Waals surface area contributed by atoms with Crippen LogP contribution in [-0.2, 0) is 14.9 Å². The third kappa shape index (κ3) is 7.16. The first kappa shape index (κ1) is 31.5. The second-order valence-electron chi connectivity index (χ2n) is 15.2. The number of allylic oxidation sites excluding steroid dienone is 1. The van der Waals surface area contributed by atoms with Crippen molar-refractivity contribution < 1.29 is 17.7 Å². The van der Waals surface area contributed by atoms with Gasteiger partial charge in [0.1, 0.15) is 5.75 Å². The average Bonchev–Trinajstić information content (AvgIpc) is 3.20. The third-order valence-corrected chi connectivity index (χ3v) is 13.0. The SMILES string of the molecule is CCCCCC(CS(=O)(=O)O)OC1CC[C@@]2(C)C(=CCC3C2CC[C@@]2(C)C3CC[C@@H]2[C@H](C)CCCC(C)C)C1. The van der Waals surface area contributed by atoms with E-state index in [-0.39, 0.29) is 17.3 Å². The number of ether oxygens (including phenoxy) is 1. The molecule has 0 bridgehead atoms. The molecule has 0 spiro atoms. The minimum atomic E-state index is -4.04. The normalized spacial score (nSPS) is 38.1. The molecule has 0 amide bonds. The van der Waals surface area contributed by atoms with E-state index < -0.39 is 16.2 Å². The van der Waals surface area contributed by atoms with Gasteiger partial charge in [-0.05, 0) is 104 Å². The second kappa shape index (κ2) is 12.9. The number of hydrogen-bond acceptors (Lipinski definition) is 3. The van der Waals surface area contributed by atoms with Crippen LogP contribution in [-0.4, -0.2) is 30.9 Å². The Hall–Kier alpha value is -0.390. The number of hydrogen-bond donors (Lipinski definition) is 1.